The van der Waals surface area contributed by atoms with E-state index >= 15 is 0 Å². The number of hydrogen-bond donors (Lipinski definition) is 2. The predicted octanol–water partition coefficient (Wildman–Crippen LogP) is 7.11. The van der Waals surface area contributed by atoms with Crippen LogP contribution in [0, 0.1) is 4.91 Å². The van der Waals surface area contributed by atoms with E-state index in [4.69, 9.17) is 11.6 Å². The number of rotatable bonds is 8. The molecule has 212 valence electrons. The number of guanidine groups is 1. The first-order chi connectivity index (χ1) is 18.8. The molecule has 0 aliphatic rings. The van der Waals surface area contributed by atoms with E-state index in [1.165, 1.54) is 42.3 Å². The van der Waals surface area contributed by atoms with E-state index in [2.05, 4.69) is 20.8 Å². The van der Waals surface area contributed by atoms with Crippen LogP contribution in [0.2, 0.25) is 5.02 Å². The Hall–Kier alpha value is -4.13. The number of carbonyl (C=O) groups is 1. The molecule has 2 unspecified atom stereocenters. The lowest BCUT2D eigenvalue weighted by molar-refractivity contribution is -0.149. The van der Waals surface area contributed by atoms with Crippen molar-refractivity contribution < 1.29 is 31.1 Å². The maximum atomic E-state index is 13.5. The SMILES string of the molecule is CN(c1ccccc1)C(CC(N=O)C(F)(F)F)N/C(=N\C(=O)c1ccc(Cl)cc1)Nc1cccc(C(F)(F)F)c1. The van der Waals surface area contributed by atoms with E-state index in [0.29, 0.717) is 10.7 Å². The number of carbonyl (C=O) groups excluding carboxylic acids is 1. The van der Waals surface area contributed by atoms with Crippen LogP contribution in [-0.2, 0) is 6.18 Å². The number of aliphatic imine (C=N–C) groups is 1. The lowest BCUT2D eigenvalue weighted by atomic mass is 10.1. The molecule has 0 radical (unpaired) electrons. The Kier molecular flexibility index (Phi) is 9.74. The molecule has 40 heavy (non-hydrogen) atoms. The molecule has 0 saturated heterocycles. The van der Waals surface area contributed by atoms with Crippen molar-refractivity contribution in [2.24, 2.45) is 10.2 Å². The van der Waals surface area contributed by atoms with Gasteiger partial charge in [0, 0.05) is 35.4 Å². The highest BCUT2D eigenvalue weighted by molar-refractivity contribution is 6.30. The van der Waals surface area contributed by atoms with Gasteiger partial charge in [-0.05, 0) is 54.6 Å². The maximum Gasteiger partial charge on any atom is 0.416 e. The van der Waals surface area contributed by atoms with Crippen LogP contribution < -0.4 is 15.5 Å². The molecule has 1 amide bonds. The predicted molar refractivity (Wildman–Crippen MR) is 140 cm³/mol. The van der Waals surface area contributed by atoms with Crippen LogP contribution in [0.4, 0.5) is 37.7 Å². The van der Waals surface area contributed by atoms with Crippen molar-refractivity contribution >= 4 is 34.8 Å². The minimum atomic E-state index is -4.98. The molecule has 7 nitrogen and oxygen atoms in total. The Labute approximate surface area is 229 Å². The minimum absolute atomic E-state index is 0.0465. The second kappa shape index (κ2) is 12.8. The average Bonchev–Trinajstić information content (AvgIpc) is 2.90. The van der Waals surface area contributed by atoms with Crippen LogP contribution in [0.5, 0.6) is 0 Å². The fourth-order valence-electron chi connectivity index (χ4n) is 3.53. The van der Waals surface area contributed by atoms with Crippen molar-refractivity contribution in [3.63, 3.8) is 0 Å². The molecule has 3 rings (SSSR count). The lowest BCUT2D eigenvalue weighted by Gasteiger charge is -2.33. The molecule has 0 heterocycles. The third-order valence-corrected chi connectivity index (χ3v) is 5.90. The fourth-order valence-corrected chi connectivity index (χ4v) is 3.65. The highest BCUT2D eigenvalue weighted by atomic mass is 35.5. The van der Waals surface area contributed by atoms with Gasteiger partial charge in [0.25, 0.3) is 5.91 Å². The number of benzene rings is 3. The Balaban J connectivity index is 2.04. The van der Waals surface area contributed by atoms with Gasteiger partial charge < -0.3 is 15.5 Å². The normalized spacial score (nSPS) is 13.8. The number of nitroso groups, excluding NO2 is 1. The summed E-state index contributed by atoms with van der Waals surface area (Å²) in [5.41, 5.74) is -0.701. The van der Waals surface area contributed by atoms with E-state index < -0.39 is 48.4 Å². The summed E-state index contributed by atoms with van der Waals surface area (Å²) in [6.45, 7) is 0. The molecule has 2 N–H and O–H groups in total. The first-order valence-corrected chi connectivity index (χ1v) is 11.9. The molecule has 0 fully saturated rings. The van der Waals surface area contributed by atoms with Crippen molar-refractivity contribution in [2.75, 3.05) is 17.3 Å². The highest BCUT2D eigenvalue weighted by Gasteiger charge is 2.43. The van der Waals surface area contributed by atoms with Gasteiger partial charge in [0.1, 0.15) is 6.17 Å². The Morgan fingerprint density at radius 3 is 2.17 bits per heavy atom. The second-order valence-corrected chi connectivity index (χ2v) is 8.92. The zero-order chi connectivity index (χ0) is 29.5. The molecule has 0 aliphatic heterocycles. The topological polar surface area (TPSA) is 86.2 Å². The van der Waals surface area contributed by atoms with Crippen LogP contribution in [0.15, 0.2) is 89.0 Å². The van der Waals surface area contributed by atoms with Gasteiger partial charge in [-0.3, -0.25) is 4.79 Å². The Morgan fingerprint density at radius 2 is 1.60 bits per heavy atom. The minimum Gasteiger partial charge on any atom is -0.354 e. The van der Waals surface area contributed by atoms with Gasteiger partial charge in [0.05, 0.1) is 5.56 Å². The largest absolute Gasteiger partial charge is 0.416 e. The highest BCUT2D eigenvalue weighted by Crippen LogP contribution is 2.31. The smallest absolute Gasteiger partial charge is 0.354 e. The maximum absolute atomic E-state index is 13.5. The number of nitrogens with one attached hydrogen (secondary N) is 2. The summed E-state index contributed by atoms with van der Waals surface area (Å²) < 4.78 is 80.3. The summed E-state index contributed by atoms with van der Waals surface area (Å²) in [5.74, 6) is -1.35. The molecule has 0 saturated carbocycles. The van der Waals surface area contributed by atoms with Crippen molar-refractivity contribution in [3.8, 4) is 0 Å². The number of nitrogens with zero attached hydrogens (tertiary/aromatic N) is 3. The van der Waals surface area contributed by atoms with E-state index in [1.54, 1.807) is 30.3 Å². The number of anilines is 2. The van der Waals surface area contributed by atoms with Crippen molar-refractivity contribution in [3.05, 3.63) is 99.9 Å². The Morgan fingerprint density at radius 1 is 0.950 bits per heavy atom. The third-order valence-electron chi connectivity index (χ3n) is 5.64. The van der Waals surface area contributed by atoms with Crippen LogP contribution in [0.25, 0.3) is 0 Å². The standard InChI is InChI=1S/C26H22ClF6N5O2/c1-38(20-8-3-2-4-9-20)22(15-21(37-40)26(31,32)33)35-24(36-23(39)16-10-12-18(27)13-11-16)34-19-7-5-6-17(14-19)25(28,29)30/h2-14,21-22H,15H2,1H3,(H2,34,35,36,39). The molecule has 14 heteroatoms. The average molecular weight is 586 g/mol. The van der Waals surface area contributed by atoms with E-state index in [1.807, 2.05) is 0 Å². The summed E-state index contributed by atoms with van der Waals surface area (Å²) in [5, 5.41) is 7.73. The van der Waals surface area contributed by atoms with Crippen molar-refractivity contribution in [1.29, 1.82) is 0 Å². The van der Waals surface area contributed by atoms with Gasteiger partial charge in [-0.2, -0.15) is 36.2 Å². The van der Waals surface area contributed by atoms with Crippen LogP contribution in [0.1, 0.15) is 22.3 Å². The van der Waals surface area contributed by atoms with Gasteiger partial charge >= 0.3 is 12.4 Å². The third kappa shape index (κ3) is 8.43. The fraction of sp³-hybridized carbons (Fsp3) is 0.231. The first kappa shape index (κ1) is 30.4. The van der Waals surface area contributed by atoms with E-state index in [-0.39, 0.29) is 11.3 Å². The number of amides is 1. The van der Waals surface area contributed by atoms with Gasteiger partial charge in [0.2, 0.25) is 5.96 Å². The van der Waals surface area contributed by atoms with Crippen molar-refractivity contribution in [1.82, 2.24) is 5.32 Å². The quantitative estimate of drug-likeness (QED) is 0.0968. The summed E-state index contributed by atoms with van der Waals surface area (Å²) in [4.78, 5) is 29.2. The molecule has 0 bridgehead atoms. The van der Waals surface area contributed by atoms with Gasteiger partial charge in [-0.15, -0.1) is 0 Å². The van der Waals surface area contributed by atoms with E-state index in [0.717, 1.165) is 18.2 Å². The van der Waals surface area contributed by atoms with E-state index in [9.17, 15) is 36.0 Å². The van der Waals surface area contributed by atoms with Crippen LogP contribution >= 0.6 is 11.6 Å². The van der Waals surface area contributed by atoms with Crippen LogP contribution in [-0.4, -0.2) is 37.3 Å². The molecule has 0 aromatic heterocycles. The molecular formula is C26H22ClF6N5O2. The molecular weight excluding hydrogens is 564 g/mol. The van der Waals surface area contributed by atoms with Crippen LogP contribution in [0.3, 0.4) is 0 Å². The zero-order valence-electron chi connectivity index (χ0n) is 20.7. The monoisotopic (exact) mass is 585 g/mol. The van der Waals surface area contributed by atoms with Crippen molar-refractivity contribution in [2.45, 2.75) is 31.0 Å². The molecule has 2 atom stereocenters. The second-order valence-electron chi connectivity index (χ2n) is 8.48. The first-order valence-electron chi connectivity index (χ1n) is 11.5. The summed E-state index contributed by atoms with van der Waals surface area (Å²) in [7, 11) is 1.42. The lowest BCUT2D eigenvalue weighted by Crippen LogP contribution is -2.51. The summed E-state index contributed by atoms with van der Waals surface area (Å²) in [6.07, 6.45) is -11.9. The molecule has 0 spiro atoms. The number of alkyl halides is 6. The van der Waals surface area contributed by atoms with Gasteiger partial charge in [0.15, 0.2) is 6.04 Å². The molecule has 3 aromatic rings. The number of halogens is 7. The van der Waals surface area contributed by atoms with Gasteiger partial charge in [-0.1, -0.05) is 41.0 Å². The summed E-state index contributed by atoms with van der Waals surface area (Å²) >= 11 is 5.85. The Bertz CT molecular complexity index is 1330. The molecule has 3 aromatic carbocycles. The number of hydrogen-bond acceptors (Lipinski definition) is 4. The molecule has 0 aliphatic carbocycles. The zero-order valence-corrected chi connectivity index (χ0v) is 21.4. The van der Waals surface area contributed by atoms with Gasteiger partial charge in [-0.25, -0.2) is 0 Å². The number of para-hydroxylation sites is 1. The summed E-state index contributed by atoms with van der Waals surface area (Å²) in [6, 6.07) is 14.9.